The van der Waals surface area contributed by atoms with Crippen molar-refractivity contribution in [1.82, 2.24) is 5.16 Å². The van der Waals surface area contributed by atoms with Gasteiger partial charge in [0.05, 0.1) is 11.0 Å². The second-order valence-corrected chi connectivity index (χ2v) is 4.77. The molecule has 0 spiro atoms. The number of halogens is 2. The number of carboxylic acids is 1. The van der Waals surface area contributed by atoms with E-state index in [4.69, 9.17) is 9.63 Å². The number of nitrogens with one attached hydrogen (secondary N) is 1. The van der Waals surface area contributed by atoms with E-state index in [1.807, 2.05) is 0 Å². The molecule has 0 saturated carbocycles. The molecule has 1 heterocycles. The maximum absolute atomic E-state index is 13.2. The van der Waals surface area contributed by atoms with Crippen molar-refractivity contribution in [1.29, 1.82) is 0 Å². The van der Waals surface area contributed by atoms with Crippen LogP contribution in [0.2, 0.25) is 0 Å². The molecule has 0 unspecified atom stereocenters. The number of aromatic carboxylic acids is 1. The molecule has 1 aromatic carbocycles. The Morgan fingerprint density at radius 3 is 2.89 bits per heavy atom. The van der Waals surface area contributed by atoms with Gasteiger partial charge in [0.15, 0.2) is 11.5 Å². The summed E-state index contributed by atoms with van der Waals surface area (Å²) in [5.41, 5.74) is 1.31. The van der Waals surface area contributed by atoms with Crippen LogP contribution in [0, 0.1) is 12.7 Å². The number of benzene rings is 1. The van der Waals surface area contributed by atoms with Gasteiger partial charge in [0.25, 0.3) is 0 Å². The van der Waals surface area contributed by atoms with Crippen molar-refractivity contribution in [3.05, 3.63) is 45.5 Å². The van der Waals surface area contributed by atoms with E-state index >= 15 is 0 Å². The highest BCUT2D eigenvalue weighted by molar-refractivity contribution is 9.10. The molecule has 2 rings (SSSR count). The number of hydrogen-bond acceptors (Lipinski definition) is 4. The zero-order valence-electron chi connectivity index (χ0n) is 9.91. The van der Waals surface area contributed by atoms with Gasteiger partial charge in [-0.25, -0.2) is 9.18 Å². The first-order chi connectivity index (χ1) is 8.97. The molecule has 0 bridgehead atoms. The number of rotatable bonds is 4. The fourth-order valence-corrected chi connectivity index (χ4v) is 1.86. The van der Waals surface area contributed by atoms with Gasteiger partial charge in [-0.2, -0.15) is 0 Å². The van der Waals surface area contributed by atoms with Crippen molar-refractivity contribution >= 4 is 27.6 Å². The molecular formula is C12H10BrFN2O3. The molecule has 1 aromatic heterocycles. The number of hydrogen-bond donors (Lipinski definition) is 2. The van der Waals surface area contributed by atoms with E-state index in [1.165, 1.54) is 12.1 Å². The molecule has 5 nitrogen and oxygen atoms in total. The molecule has 100 valence electrons. The highest BCUT2D eigenvalue weighted by atomic mass is 79.9. The van der Waals surface area contributed by atoms with E-state index in [-0.39, 0.29) is 18.1 Å². The van der Waals surface area contributed by atoms with Gasteiger partial charge in [0, 0.05) is 11.8 Å². The molecule has 0 aliphatic carbocycles. The van der Waals surface area contributed by atoms with Crippen LogP contribution in [0.1, 0.15) is 21.8 Å². The molecule has 2 aromatic rings. The Hall–Kier alpha value is -1.89. The molecule has 7 heteroatoms. The first kappa shape index (κ1) is 13.5. The number of nitrogens with zero attached hydrogens (tertiary/aromatic N) is 1. The largest absolute Gasteiger partial charge is 0.476 e. The number of anilines is 1. The molecule has 0 saturated heterocycles. The van der Waals surface area contributed by atoms with Gasteiger partial charge in [0.1, 0.15) is 5.82 Å². The lowest BCUT2D eigenvalue weighted by molar-refractivity contribution is 0.0685. The summed E-state index contributed by atoms with van der Waals surface area (Å²) in [7, 11) is 0. The zero-order chi connectivity index (χ0) is 14.0. The van der Waals surface area contributed by atoms with Crippen LogP contribution < -0.4 is 5.32 Å². The van der Waals surface area contributed by atoms with Crippen molar-refractivity contribution in [2.45, 2.75) is 13.5 Å². The third kappa shape index (κ3) is 3.11. The molecule has 19 heavy (non-hydrogen) atoms. The van der Waals surface area contributed by atoms with Gasteiger partial charge in [-0.3, -0.25) is 0 Å². The Morgan fingerprint density at radius 2 is 2.26 bits per heavy atom. The monoisotopic (exact) mass is 328 g/mol. The Balaban J connectivity index is 2.09. The van der Waals surface area contributed by atoms with E-state index in [0.717, 1.165) is 11.3 Å². The van der Waals surface area contributed by atoms with E-state index < -0.39 is 5.97 Å². The third-order valence-corrected chi connectivity index (χ3v) is 3.11. The van der Waals surface area contributed by atoms with Gasteiger partial charge in [-0.15, -0.1) is 0 Å². The van der Waals surface area contributed by atoms with Crippen molar-refractivity contribution in [2.24, 2.45) is 0 Å². The minimum absolute atomic E-state index is 0.145. The topological polar surface area (TPSA) is 75.4 Å². The van der Waals surface area contributed by atoms with Gasteiger partial charge < -0.3 is 14.9 Å². The van der Waals surface area contributed by atoms with Gasteiger partial charge >= 0.3 is 5.97 Å². The molecule has 0 amide bonds. The molecule has 0 aliphatic rings. The highest BCUT2D eigenvalue weighted by Gasteiger charge is 2.11. The van der Waals surface area contributed by atoms with E-state index in [9.17, 15) is 9.18 Å². The second-order valence-electron chi connectivity index (χ2n) is 3.92. The summed E-state index contributed by atoms with van der Waals surface area (Å²) < 4.78 is 18.5. The fourth-order valence-electron chi connectivity index (χ4n) is 1.52. The predicted octanol–water partition coefficient (Wildman–Crippen LogP) is 3.19. The van der Waals surface area contributed by atoms with E-state index in [2.05, 4.69) is 26.4 Å². The van der Waals surface area contributed by atoms with Gasteiger partial charge in [-0.05, 0) is 40.5 Å². The minimum Gasteiger partial charge on any atom is -0.476 e. The summed E-state index contributed by atoms with van der Waals surface area (Å²) in [6.07, 6.45) is 0. The first-order valence-corrected chi connectivity index (χ1v) is 6.15. The van der Waals surface area contributed by atoms with Crippen LogP contribution in [0.3, 0.4) is 0 Å². The van der Waals surface area contributed by atoms with Crippen LogP contribution in [-0.4, -0.2) is 16.2 Å². The SMILES string of the molecule is Cc1cc(F)c(Br)cc1NCc1cc(C(=O)O)no1. The summed E-state index contributed by atoms with van der Waals surface area (Å²) in [6.45, 7) is 2.03. The van der Waals surface area contributed by atoms with Crippen LogP contribution in [0.5, 0.6) is 0 Å². The number of aromatic nitrogens is 1. The summed E-state index contributed by atoms with van der Waals surface area (Å²) in [5, 5.41) is 15.1. The molecule has 0 fully saturated rings. The summed E-state index contributed by atoms with van der Waals surface area (Å²) in [4.78, 5) is 10.6. The van der Waals surface area contributed by atoms with Crippen molar-refractivity contribution in [2.75, 3.05) is 5.32 Å². The number of carboxylic acid groups (broad SMARTS) is 1. The van der Waals surface area contributed by atoms with Crippen molar-refractivity contribution in [3.63, 3.8) is 0 Å². The standard InChI is InChI=1S/C12H10BrFN2O3/c1-6-2-9(14)8(13)4-10(6)15-5-7-3-11(12(17)18)16-19-7/h2-4,15H,5H2,1H3,(H,17,18). The maximum atomic E-state index is 13.2. The highest BCUT2D eigenvalue weighted by Crippen LogP contribution is 2.24. The minimum atomic E-state index is -1.14. The number of aryl methyl sites for hydroxylation is 1. The lowest BCUT2D eigenvalue weighted by Crippen LogP contribution is -2.01. The van der Waals surface area contributed by atoms with E-state index in [1.54, 1.807) is 13.0 Å². The summed E-state index contributed by atoms with van der Waals surface area (Å²) in [6, 6.07) is 4.35. The quantitative estimate of drug-likeness (QED) is 0.901. The number of carbonyl (C=O) groups is 1. The molecular weight excluding hydrogens is 319 g/mol. The average Bonchev–Trinajstić information content (AvgIpc) is 2.81. The molecule has 0 aliphatic heterocycles. The van der Waals surface area contributed by atoms with Crippen LogP contribution in [-0.2, 0) is 6.54 Å². The summed E-state index contributed by atoms with van der Waals surface area (Å²) in [5.74, 6) is -1.09. The average molecular weight is 329 g/mol. The Kier molecular flexibility index (Phi) is 3.84. The Bertz CT molecular complexity index is 627. The second kappa shape index (κ2) is 5.40. The van der Waals surface area contributed by atoms with Crippen LogP contribution >= 0.6 is 15.9 Å². The zero-order valence-corrected chi connectivity index (χ0v) is 11.5. The van der Waals surface area contributed by atoms with Crippen molar-refractivity contribution < 1.29 is 18.8 Å². The maximum Gasteiger partial charge on any atom is 0.358 e. The fraction of sp³-hybridized carbons (Fsp3) is 0.167. The van der Waals surface area contributed by atoms with Gasteiger partial charge in [0.2, 0.25) is 0 Å². The smallest absolute Gasteiger partial charge is 0.358 e. The predicted molar refractivity (Wildman–Crippen MR) is 69.6 cm³/mol. The molecule has 2 N–H and O–H groups in total. The lowest BCUT2D eigenvalue weighted by Gasteiger charge is -2.08. The lowest BCUT2D eigenvalue weighted by atomic mass is 10.2. The normalized spacial score (nSPS) is 10.5. The summed E-state index contributed by atoms with van der Waals surface area (Å²) >= 11 is 3.10. The van der Waals surface area contributed by atoms with Crippen LogP contribution in [0.25, 0.3) is 0 Å². The van der Waals surface area contributed by atoms with Crippen LogP contribution in [0.4, 0.5) is 10.1 Å². The van der Waals surface area contributed by atoms with Crippen LogP contribution in [0.15, 0.2) is 27.2 Å². The Labute approximate surface area is 116 Å². The van der Waals surface area contributed by atoms with Gasteiger partial charge in [-0.1, -0.05) is 5.16 Å². The van der Waals surface area contributed by atoms with Crippen molar-refractivity contribution in [3.8, 4) is 0 Å². The molecule has 0 atom stereocenters. The first-order valence-electron chi connectivity index (χ1n) is 5.36. The molecule has 0 radical (unpaired) electrons. The third-order valence-electron chi connectivity index (χ3n) is 2.50. The van der Waals surface area contributed by atoms with E-state index in [0.29, 0.717) is 10.2 Å². The Morgan fingerprint density at radius 1 is 1.53 bits per heavy atom.